The predicted molar refractivity (Wildman–Crippen MR) is 156 cm³/mol. The lowest BCUT2D eigenvalue weighted by molar-refractivity contribution is -0.890. The highest BCUT2D eigenvalue weighted by molar-refractivity contribution is 7.99. The Labute approximate surface area is 225 Å². The van der Waals surface area contributed by atoms with Gasteiger partial charge in [0.05, 0.1) is 27.2 Å². The van der Waals surface area contributed by atoms with Gasteiger partial charge in [0.1, 0.15) is 0 Å². The van der Waals surface area contributed by atoms with Crippen LogP contribution >= 0.6 is 23.4 Å². The molecule has 1 aliphatic rings. The molecule has 0 bridgehead atoms. The summed E-state index contributed by atoms with van der Waals surface area (Å²) in [5.74, 6) is 0.642. The topological polar surface area (TPSA) is 0 Å². The number of hydrogen-bond acceptors (Lipinski definition) is 1. The molecule has 3 rings (SSSR count). The van der Waals surface area contributed by atoms with Crippen molar-refractivity contribution in [2.45, 2.75) is 113 Å². The second kappa shape index (κ2) is 15.3. The maximum absolute atomic E-state index is 6.33. The Morgan fingerprint density at radius 2 is 1.46 bits per heavy atom. The summed E-state index contributed by atoms with van der Waals surface area (Å²) in [5, 5.41) is 0.862. The molecule has 1 aliphatic heterocycles. The van der Waals surface area contributed by atoms with Gasteiger partial charge in [-0.2, -0.15) is 0 Å². The van der Waals surface area contributed by atoms with Crippen LogP contribution in [0.5, 0.6) is 0 Å². The monoisotopic (exact) mass is 514 g/mol. The molecule has 3 heteroatoms. The van der Waals surface area contributed by atoms with Crippen LogP contribution in [-0.4, -0.2) is 31.7 Å². The van der Waals surface area contributed by atoms with Crippen LogP contribution in [0.2, 0.25) is 5.02 Å². The van der Waals surface area contributed by atoms with Crippen LogP contribution < -0.4 is 0 Å². The van der Waals surface area contributed by atoms with Crippen molar-refractivity contribution in [2.24, 2.45) is 0 Å². The second-order valence-electron chi connectivity index (χ2n) is 11.3. The van der Waals surface area contributed by atoms with Crippen LogP contribution in [0, 0.1) is 0 Å². The van der Waals surface area contributed by atoms with Gasteiger partial charge in [0.2, 0.25) is 0 Å². The molecule has 0 fully saturated rings. The molecule has 0 saturated heterocycles. The number of aryl methyl sites for hydroxylation is 1. The van der Waals surface area contributed by atoms with Crippen molar-refractivity contribution in [3.05, 3.63) is 58.6 Å². The molecule has 2 aromatic rings. The first kappa shape index (κ1) is 28.6. The van der Waals surface area contributed by atoms with E-state index in [1.165, 1.54) is 116 Å². The number of unbranched alkanes of at least 4 members (excludes halogenated alkanes) is 9. The van der Waals surface area contributed by atoms with Crippen molar-refractivity contribution < 1.29 is 4.48 Å². The van der Waals surface area contributed by atoms with Crippen LogP contribution in [0.15, 0.2) is 52.3 Å². The van der Waals surface area contributed by atoms with Crippen molar-refractivity contribution in [1.82, 2.24) is 0 Å². The maximum atomic E-state index is 6.33. The van der Waals surface area contributed by atoms with Gasteiger partial charge in [-0.3, -0.25) is 0 Å². The molecule has 0 radical (unpaired) electrons. The summed E-state index contributed by atoms with van der Waals surface area (Å²) in [6.07, 6.45) is 19.1. The average molecular weight is 515 g/mol. The fraction of sp³-hybridized carbons (Fsp3) is 0.625. The van der Waals surface area contributed by atoms with E-state index >= 15 is 0 Å². The lowest BCUT2D eigenvalue weighted by Crippen LogP contribution is -2.41. The molecule has 194 valence electrons. The first-order valence-electron chi connectivity index (χ1n) is 14.4. The first-order valence-corrected chi connectivity index (χ1v) is 15.5. The quantitative estimate of drug-likeness (QED) is 0.168. The van der Waals surface area contributed by atoms with Gasteiger partial charge >= 0.3 is 0 Å². The normalized spacial score (nSPS) is 15.8. The number of hydrogen-bond donors (Lipinski definition) is 0. The van der Waals surface area contributed by atoms with E-state index in [2.05, 4.69) is 57.4 Å². The SMILES string of the molecule is CCCCCCCCCCCC[N+](C)(C)CCCC1CCc2cc(Cl)ccc2Sc2ccccc21. The van der Waals surface area contributed by atoms with E-state index in [0.29, 0.717) is 5.92 Å². The van der Waals surface area contributed by atoms with E-state index in [-0.39, 0.29) is 0 Å². The molecule has 1 heterocycles. The fourth-order valence-corrected chi connectivity index (χ4v) is 6.92. The summed E-state index contributed by atoms with van der Waals surface area (Å²) in [6, 6.07) is 15.5. The molecule has 0 aromatic heterocycles. The summed E-state index contributed by atoms with van der Waals surface area (Å²) in [4.78, 5) is 2.80. The Balaban J connectivity index is 1.40. The zero-order chi connectivity index (χ0) is 24.9. The average Bonchev–Trinajstić information content (AvgIpc) is 2.83. The van der Waals surface area contributed by atoms with Gasteiger partial charge < -0.3 is 4.48 Å². The molecule has 0 saturated carbocycles. The smallest absolute Gasteiger partial charge is 0.0782 e. The molecule has 0 N–H and O–H groups in total. The van der Waals surface area contributed by atoms with E-state index in [9.17, 15) is 0 Å². The summed E-state index contributed by atoms with van der Waals surface area (Å²) < 4.78 is 1.17. The van der Waals surface area contributed by atoms with Crippen LogP contribution in [-0.2, 0) is 6.42 Å². The molecule has 0 spiro atoms. The number of quaternary nitrogens is 1. The van der Waals surface area contributed by atoms with Gasteiger partial charge in [0.15, 0.2) is 0 Å². The van der Waals surface area contributed by atoms with Crippen LogP contribution in [0.1, 0.15) is 107 Å². The van der Waals surface area contributed by atoms with E-state index in [4.69, 9.17) is 11.6 Å². The number of fused-ring (bicyclic) bond motifs is 2. The van der Waals surface area contributed by atoms with Gasteiger partial charge in [-0.1, -0.05) is 99.9 Å². The van der Waals surface area contributed by atoms with Gasteiger partial charge in [-0.15, -0.1) is 0 Å². The Hall–Kier alpha value is -0.960. The number of rotatable bonds is 15. The van der Waals surface area contributed by atoms with Gasteiger partial charge in [0, 0.05) is 14.8 Å². The van der Waals surface area contributed by atoms with Crippen molar-refractivity contribution in [1.29, 1.82) is 0 Å². The third kappa shape index (κ3) is 10.1. The summed E-state index contributed by atoms with van der Waals surface area (Å²) in [7, 11) is 4.88. The van der Waals surface area contributed by atoms with E-state index in [1.807, 2.05) is 17.8 Å². The standard InChI is InChI=1S/C32H49ClNS/c1-4-5-6-7-8-9-10-11-12-15-24-34(2,3)25-16-17-27-20-21-28-26-29(33)22-23-31(28)35-32-19-14-13-18-30(27)32/h13-14,18-19,22-23,26-27H,4-12,15-17,20-21,24-25H2,1-3H3/q+1. The van der Waals surface area contributed by atoms with Crippen molar-refractivity contribution >= 4 is 23.4 Å². The Bertz CT molecular complexity index is 878. The van der Waals surface area contributed by atoms with Crippen molar-refractivity contribution in [2.75, 3.05) is 27.2 Å². The minimum absolute atomic E-state index is 0.642. The van der Waals surface area contributed by atoms with Gasteiger partial charge in [0.25, 0.3) is 0 Å². The molecular formula is C32H49ClNS+. The minimum atomic E-state index is 0.642. The Morgan fingerprint density at radius 1 is 0.800 bits per heavy atom. The van der Waals surface area contributed by atoms with Crippen LogP contribution in [0.25, 0.3) is 0 Å². The van der Waals surface area contributed by atoms with Crippen LogP contribution in [0.4, 0.5) is 0 Å². The Kier molecular flexibility index (Phi) is 12.5. The van der Waals surface area contributed by atoms with Gasteiger partial charge in [-0.25, -0.2) is 0 Å². The second-order valence-corrected chi connectivity index (χ2v) is 12.9. The zero-order valence-electron chi connectivity index (χ0n) is 22.7. The Morgan fingerprint density at radius 3 is 2.20 bits per heavy atom. The number of nitrogens with zero attached hydrogens (tertiary/aromatic N) is 1. The lowest BCUT2D eigenvalue weighted by atomic mass is 9.88. The maximum Gasteiger partial charge on any atom is 0.0782 e. The predicted octanol–water partition coefficient (Wildman–Crippen LogP) is 10.3. The minimum Gasteiger partial charge on any atom is -0.328 e. The largest absolute Gasteiger partial charge is 0.328 e. The number of benzene rings is 2. The molecule has 2 aromatic carbocycles. The van der Waals surface area contributed by atoms with E-state index in [1.54, 1.807) is 5.56 Å². The summed E-state index contributed by atoms with van der Waals surface area (Å²) in [6.45, 7) is 4.90. The summed E-state index contributed by atoms with van der Waals surface area (Å²) >= 11 is 8.26. The summed E-state index contributed by atoms with van der Waals surface area (Å²) in [5.41, 5.74) is 2.97. The third-order valence-electron chi connectivity index (χ3n) is 7.80. The lowest BCUT2D eigenvalue weighted by Gasteiger charge is -2.31. The fourth-order valence-electron chi connectivity index (χ4n) is 5.56. The first-order chi connectivity index (χ1) is 17.0. The number of halogens is 1. The highest BCUT2D eigenvalue weighted by Gasteiger charge is 2.22. The molecule has 1 atom stereocenters. The highest BCUT2D eigenvalue weighted by atomic mass is 35.5. The molecule has 0 aliphatic carbocycles. The highest BCUT2D eigenvalue weighted by Crippen LogP contribution is 2.42. The third-order valence-corrected chi connectivity index (χ3v) is 9.24. The van der Waals surface area contributed by atoms with Crippen LogP contribution in [0.3, 0.4) is 0 Å². The molecular weight excluding hydrogens is 466 g/mol. The zero-order valence-corrected chi connectivity index (χ0v) is 24.2. The molecule has 1 unspecified atom stereocenters. The van der Waals surface area contributed by atoms with Crippen molar-refractivity contribution in [3.63, 3.8) is 0 Å². The van der Waals surface area contributed by atoms with E-state index < -0.39 is 0 Å². The molecule has 35 heavy (non-hydrogen) atoms. The van der Waals surface area contributed by atoms with Gasteiger partial charge in [-0.05, 0) is 79.8 Å². The van der Waals surface area contributed by atoms with E-state index in [0.717, 1.165) is 11.4 Å². The van der Waals surface area contributed by atoms with Crippen molar-refractivity contribution in [3.8, 4) is 0 Å². The molecule has 0 amide bonds. The molecule has 1 nitrogen and oxygen atoms in total.